The third-order valence-corrected chi connectivity index (χ3v) is 4.77. The largest absolute Gasteiger partial charge is 0.573 e. The molecule has 0 saturated heterocycles. The molecule has 0 bridgehead atoms. The highest BCUT2D eigenvalue weighted by molar-refractivity contribution is 6.43. The number of carbonyl (C=O) groups excluding carboxylic acids is 2. The van der Waals surface area contributed by atoms with E-state index in [0.29, 0.717) is 0 Å². The number of hydrogen-bond acceptors (Lipinski definition) is 5. The minimum atomic E-state index is -4.87. The molecule has 2 amide bonds. The molecule has 0 radical (unpaired) electrons. The van der Waals surface area contributed by atoms with Gasteiger partial charge in [-0.2, -0.15) is 0 Å². The molecule has 0 aliphatic carbocycles. The summed E-state index contributed by atoms with van der Waals surface area (Å²) in [5, 5.41) is 22.0. The van der Waals surface area contributed by atoms with E-state index >= 15 is 0 Å². The first kappa shape index (κ1) is 26.0. The lowest BCUT2D eigenvalue weighted by molar-refractivity contribution is -0.274. The number of nitrogens with zero attached hydrogens (tertiary/aromatic N) is 1. The highest BCUT2D eigenvalue weighted by atomic mass is 19.4. The lowest BCUT2D eigenvalue weighted by atomic mass is 9.75. The van der Waals surface area contributed by atoms with Gasteiger partial charge >= 0.3 is 13.5 Å². The van der Waals surface area contributed by atoms with Gasteiger partial charge in [-0.3, -0.25) is 14.5 Å². The minimum absolute atomic E-state index is 0.125. The maximum Gasteiger partial charge on any atom is 0.573 e. The fraction of sp³-hybridized carbons (Fsp3) is 0.273. The molecular weight excluding hydrogens is 440 g/mol. The van der Waals surface area contributed by atoms with Crippen LogP contribution in [0.3, 0.4) is 0 Å². The number of carbonyl (C=O) groups is 2. The molecule has 176 valence electrons. The van der Waals surface area contributed by atoms with Crippen LogP contribution < -0.4 is 15.0 Å². The van der Waals surface area contributed by atoms with Gasteiger partial charge in [0.05, 0.1) is 5.94 Å². The Hall–Kier alpha value is -3.31. The summed E-state index contributed by atoms with van der Waals surface area (Å²) in [5.74, 6) is -2.92. The number of anilines is 1. The smallest absolute Gasteiger partial charge is 0.426 e. The standard InChI is InChI=1S/C22H24BF3N2O5/c1-4-21(30)28(17-7-9-18(10-8-17)33-22(24,25)26)13-20(29)27-19(23(31)32)12-16-6-5-14(2)11-15(16)3/h4-11,19,31-32H,1,12-13H2,2-3H3,(H,27,29). The number of halogens is 3. The van der Waals surface area contributed by atoms with Gasteiger partial charge in [-0.25, -0.2) is 0 Å². The van der Waals surface area contributed by atoms with Crippen LogP contribution in [0.5, 0.6) is 5.75 Å². The Bertz CT molecular complexity index is 997. The predicted molar refractivity (Wildman–Crippen MR) is 117 cm³/mol. The number of hydrogen-bond donors (Lipinski definition) is 3. The minimum Gasteiger partial charge on any atom is -0.426 e. The van der Waals surface area contributed by atoms with Gasteiger partial charge in [0, 0.05) is 5.69 Å². The number of rotatable bonds is 9. The monoisotopic (exact) mass is 464 g/mol. The Labute approximate surface area is 189 Å². The van der Waals surface area contributed by atoms with Crippen LogP contribution >= 0.6 is 0 Å². The molecule has 0 aromatic heterocycles. The fourth-order valence-corrected chi connectivity index (χ4v) is 3.17. The van der Waals surface area contributed by atoms with Gasteiger partial charge in [0.1, 0.15) is 12.3 Å². The summed E-state index contributed by atoms with van der Waals surface area (Å²) >= 11 is 0. The molecule has 0 saturated carbocycles. The van der Waals surface area contributed by atoms with Gasteiger partial charge in [-0.1, -0.05) is 30.3 Å². The van der Waals surface area contributed by atoms with Crippen molar-refractivity contribution < 1.29 is 37.5 Å². The summed E-state index contributed by atoms with van der Waals surface area (Å²) in [4.78, 5) is 25.9. The second kappa shape index (κ2) is 11.0. The average Bonchev–Trinajstić information content (AvgIpc) is 2.72. The van der Waals surface area contributed by atoms with Crippen LogP contribution in [0.25, 0.3) is 0 Å². The quantitative estimate of drug-likeness (QED) is 0.391. The number of alkyl halides is 3. The number of amides is 2. The van der Waals surface area contributed by atoms with E-state index in [4.69, 9.17) is 0 Å². The molecule has 1 atom stereocenters. The summed E-state index contributed by atoms with van der Waals surface area (Å²) in [6.07, 6.45) is -3.79. The van der Waals surface area contributed by atoms with E-state index < -0.39 is 43.5 Å². The molecule has 0 spiro atoms. The van der Waals surface area contributed by atoms with Crippen molar-refractivity contribution in [3.63, 3.8) is 0 Å². The van der Waals surface area contributed by atoms with Crippen molar-refractivity contribution in [2.45, 2.75) is 32.6 Å². The molecule has 7 nitrogen and oxygen atoms in total. The van der Waals surface area contributed by atoms with Gasteiger partial charge in [0.2, 0.25) is 5.91 Å². The fourth-order valence-electron chi connectivity index (χ4n) is 3.17. The normalized spacial score (nSPS) is 12.0. The van der Waals surface area contributed by atoms with Crippen LogP contribution in [-0.2, 0) is 16.0 Å². The highest BCUT2D eigenvalue weighted by Gasteiger charge is 2.31. The van der Waals surface area contributed by atoms with Crippen LogP contribution in [0.1, 0.15) is 16.7 Å². The molecule has 3 N–H and O–H groups in total. The van der Waals surface area contributed by atoms with Crippen LogP contribution in [-0.4, -0.2) is 47.8 Å². The summed E-state index contributed by atoms with van der Waals surface area (Å²) in [7, 11) is -1.86. The van der Waals surface area contributed by atoms with Gasteiger partial charge in [-0.05, 0) is 61.7 Å². The Morgan fingerprint density at radius 3 is 2.33 bits per heavy atom. The maximum atomic E-state index is 12.6. The van der Waals surface area contributed by atoms with E-state index in [1.807, 2.05) is 32.0 Å². The van der Waals surface area contributed by atoms with Gasteiger partial charge in [0.15, 0.2) is 0 Å². The van der Waals surface area contributed by atoms with Crippen molar-refractivity contribution in [1.29, 1.82) is 0 Å². The van der Waals surface area contributed by atoms with Crippen molar-refractivity contribution in [3.8, 4) is 5.75 Å². The average molecular weight is 464 g/mol. The van der Waals surface area contributed by atoms with Crippen molar-refractivity contribution >= 4 is 24.6 Å². The zero-order valence-corrected chi connectivity index (χ0v) is 18.1. The molecule has 33 heavy (non-hydrogen) atoms. The second-order valence-electron chi connectivity index (χ2n) is 7.39. The summed E-state index contributed by atoms with van der Waals surface area (Å²) in [6, 6.07) is 9.99. The summed E-state index contributed by atoms with van der Waals surface area (Å²) in [6.45, 7) is 6.62. The number of benzene rings is 2. The molecule has 2 aromatic carbocycles. The molecule has 2 rings (SSSR count). The van der Waals surface area contributed by atoms with E-state index in [9.17, 15) is 32.8 Å². The topological polar surface area (TPSA) is 99.1 Å². The van der Waals surface area contributed by atoms with E-state index in [1.54, 1.807) is 0 Å². The van der Waals surface area contributed by atoms with Crippen LogP contribution in [0, 0.1) is 13.8 Å². The summed E-state index contributed by atoms with van der Waals surface area (Å²) in [5.41, 5.74) is 2.88. The highest BCUT2D eigenvalue weighted by Crippen LogP contribution is 2.25. The van der Waals surface area contributed by atoms with Crippen molar-refractivity contribution in [1.82, 2.24) is 5.32 Å². The van der Waals surface area contributed by atoms with Gasteiger partial charge in [-0.15, -0.1) is 13.2 Å². The molecule has 0 heterocycles. The lowest BCUT2D eigenvalue weighted by Gasteiger charge is -2.24. The number of nitrogens with one attached hydrogen (secondary N) is 1. The predicted octanol–water partition coefficient (Wildman–Crippen LogP) is 2.46. The lowest BCUT2D eigenvalue weighted by Crippen LogP contribution is -2.51. The first-order valence-electron chi connectivity index (χ1n) is 9.91. The Morgan fingerprint density at radius 2 is 1.82 bits per heavy atom. The third-order valence-electron chi connectivity index (χ3n) is 4.77. The van der Waals surface area contributed by atoms with Gasteiger partial charge in [0.25, 0.3) is 5.91 Å². The van der Waals surface area contributed by atoms with E-state index in [2.05, 4.69) is 16.6 Å². The van der Waals surface area contributed by atoms with Crippen molar-refractivity contribution in [3.05, 3.63) is 71.8 Å². The first-order chi connectivity index (χ1) is 15.4. The van der Waals surface area contributed by atoms with Crippen LogP contribution in [0.2, 0.25) is 0 Å². The molecule has 11 heteroatoms. The maximum absolute atomic E-state index is 12.6. The Balaban J connectivity index is 2.14. The summed E-state index contributed by atoms with van der Waals surface area (Å²) < 4.78 is 40.8. The Kier molecular flexibility index (Phi) is 8.66. The van der Waals surface area contributed by atoms with Crippen LogP contribution in [0.4, 0.5) is 18.9 Å². The Morgan fingerprint density at radius 1 is 1.18 bits per heavy atom. The second-order valence-corrected chi connectivity index (χ2v) is 7.39. The van der Waals surface area contributed by atoms with E-state index in [-0.39, 0.29) is 12.1 Å². The molecule has 0 aliphatic heterocycles. The van der Waals surface area contributed by atoms with Gasteiger partial charge < -0.3 is 20.1 Å². The zero-order valence-electron chi connectivity index (χ0n) is 18.1. The molecular formula is C22H24BF3N2O5. The molecule has 0 aliphatic rings. The van der Waals surface area contributed by atoms with E-state index in [1.165, 1.54) is 12.1 Å². The molecule has 2 aromatic rings. The molecule has 1 unspecified atom stereocenters. The number of aryl methyl sites for hydroxylation is 2. The first-order valence-corrected chi connectivity index (χ1v) is 9.91. The molecule has 0 fully saturated rings. The zero-order chi connectivity index (χ0) is 24.8. The van der Waals surface area contributed by atoms with Crippen molar-refractivity contribution in [2.75, 3.05) is 11.4 Å². The SMILES string of the molecule is C=CC(=O)N(CC(=O)NC(Cc1ccc(C)cc1C)B(O)O)c1ccc(OC(F)(F)F)cc1. The van der Waals surface area contributed by atoms with Crippen LogP contribution in [0.15, 0.2) is 55.1 Å². The third kappa shape index (κ3) is 7.96. The van der Waals surface area contributed by atoms with Crippen molar-refractivity contribution in [2.24, 2.45) is 0 Å². The van der Waals surface area contributed by atoms with E-state index in [0.717, 1.165) is 39.8 Å². The number of ether oxygens (including phenoxy) is 1.